The number of aromatic amines is 1. The molecule has 7 nitrogen and oxygen atoms in total. The minimum atomic E-state index is -3.56. The Morgan fingerprint density at radius 1 is 1.06 bits per heavy atom. The van der Waals surface area contributed by atoms with E-state index < -0.39 is 10.0 Å². The molecule has 0 aliphatic carbocycles. The van der Waals surface area contributed by atoms with Crippen LogP contribution in [0, 0.1) is 6.92 Å². The van der Waals surface area contributed by atoms with Crippen LogP contribution in [0.3, 0.4) is 0 Å². The number of H-pyrrole nitrogens is 1. The van der Waals surface area contributed by atoms with Crippen molar-refractivity contribution < 1.29 is 13.2 Å². The fourth-order valence-electron chi connectivity index (χ4n) is 4.79. The number of benzene rings is 2. The highest BCUT2D eigenvalue weighted by molar-refractivity contribution is 7.89. The third kappa shape index (κ3) is 3.82. The van der Waals surface area contributed by atoms with Crippen molar-refractivity contribution >= 4 is 27.0 Å². The van der Waals surface area contributed by atoms with E-state index in [-0.39, 0.29) is 16.7 Å². The van der Waals surface area contributed by atoms with Crippen molar-refractivity contribution in [2.24, 2.45) is 0 Å². The number of rotatable bonds is 4. The van der Waals surface area contributed by atoms with Crippen molar-refractivity contribution in [2.45, 2.75) is 43.4 Å². The number of hydrogen-bond donors (Lipinski definition) is 1. The zero-order valence-corrected chi connectivity index (χ0v) is 19.1. The van der Waals surface area contributed by atoms with Crippen LogP contribution < -0.4 is 0 Å². The van der Waals surface area contributed by atoms with Crippen LogP contribution in [0.1, 0.15) is 53.3 Å². The minimum absolute atomic E-state index is 0.109. The first-order valence-electron chi connectivity index (χ1n) is 11.3. The number of nitrogens with zero attached hydrogens (tertiary/aromatic N) is 3. The van der Waals surface area contributed by atoms with E-state index in [1.165, 1.54) is 4.31 Å². The van der Waals surface area contributed by atoms with Crippen LogP contribution in [-0.4, -0.2) is 59.7 Å². The number of piperidine rings is 1. The molecule has 1 aromatic heterocycles. The average molecular weight is 453 g/mol. The number of amides is 1. The molecule has 1 atom stereocenters. The second-order valence-electron chi connectivity index (χ2n) is 8.82. The first kappa shape index (κ1) is 21.2. The number of sulfonamides is 1. The van der Waals surface area contributed by atoms with Gasteiger partial charge in [0.25, 0.3) is 5.91 Å². The third-order valence-corrected chi connectivity index (χ3v) is 8.54. The van der Waals surface area contributed by atoms with E-state index >= 15 is 0 Å². The number of aryl methyl sites for hydroxylation is 1. The molecular weight excluding hydrogens is 424 g/mol. The quantitative estimate of drug-likeness (QED) is 0.654. The number of nitrogens with one attached hydrogen (secondary N) is 1. The van der Waals surface area contributed by atoms with Gasteiger partial charge in [0, 0.05) is 37.7 Å². The Morgan fingerprint density at radius 3 is 2.62 bits per heavy atom. The van der Waals surface area contributed by atoms with E-state index in [0.29, 0.717) is 31.7 Å². The van der Waals surface area contributed by atoms with Gasteiger partial charge in [0.15, 0.2) is 0 Å². The Morgan fingerprint density at radius 2 is 1.84 bits per heavy atom. The SMILES string of the molecule is Cc1ccc(S(=O)(=O)N2CCCC2)cc1C(=O)N1CCCC(c2nc3ccccc3[nH]2)C1. The van der Waals surface area contributed by atoms with Crippen LogP contribution in [0.15, 0.2) is 47.4 Å². The maximum atomic E-state index is 13.5. The molecule has 168 valence electrons. The van der Waals surface area contributed by atoms with Gasteiger partial charge in [0.1, 0.15) is 5.82 Å². The molecule has 3 heterocycles. The molecule has 1 N–H and O–H groups in total. The number of hydrogen-bond acceptors (Lipinski definition) is 4. The Labute approximate surface area is 188 Å². The highest BCUT2D eigenvalue weighted by atomic mass is 32.2. The molecule has 0 bridgehead atoms. The van der Waals surface area contributed by atoms with Gasteiger partial charge in [-0.15, -0.1) is 0 Å². The summed E-state index contributed by atoms with van der Waals surface area (Å²) < 4.78 is 27.5. The van der Waals surface area contributed by atoms with Gasteiger partial charge in [-0.1, -0.05) is 18.2 Å². The lowest BCUT2D eigenvalue weighted by Crippen LogP contribution is -2.39. The maximum Gasteiger partial charge on any atom is 0.254 e. The van der Waals surface area contributed by atoms with Crippen LogP contribution in [0.2, 0.25) is 0 Å². The first-order valence-corrected chi connectivity index (χ1v) is 12.7. The Kier molecular flexibility index (Phi) is 5.51. The number of para-hydroxylation sites is 2. The molecule has 1 amide bonds. The summed E-state index contributed by atoms with van der Waals surface area (Å²) in [5.41, 5.74) is 3.19. The average Bonchev–Trinajstić information content (AvgIpc) is 3.49. The highest BCUT2D eigenvalue weighted by Gasteiger charge is 2.31. The first-order chi connectivity index (χ1) is 15.4. The van der Waals surface area contributed by atoms with Crippen molar-refractivity contribution in [3.05, 3.63) is 59.4 Å². The topological polar surface area (TPSA) is 86.4 Å². The molecule has 2 aromatic carbocycles. The number of carbonyl (C=O) groups is 1. The van der Waals surface area contributed by atoms with Crippen LogP contribution in [0.25, 0.3) is 11.0 Å². The second kappa shape index (κ2) is 8.33. The van der Waals surface area contributed by atoms with Gasteiger partial charge in [-0.05, 0) is 62.4 Å². The van der Waals surface area contributed by atoms with Crippen LogP contribution in [0.5, 0.6) is 0 Å². The normalized spacial score (nSPS) is 20.2. The summed E-state index contributed by atoms with van der Waals surface area (Å²) in [6.45, 7) is 4.19. The molecule has 8 heteroatoms. The lowest BCUT2D eigenvalue weighted by Gasteiger charge is -2.32. The largest absolute Gasteiger partial charge is 0.342 e. The van der Waals surface area contributed by atoms with Gasteiger partial charge in [0.2, 0.25) is 10.0 Å². The molecule has 0 saturated carbocycles. The molecule has 5 rings (SSSR count). The third-order valence-electron chi connectivity index (χ3n) is 6.65. The molecule has 32 heavy (non-hydrogen) atoms. The molecular formula is C24H28N4O3S. The van der Waals surface area contributed by atoms with Crippen molar-refractivity contribution in [1.82, 2.24) is 19.2 Å². The molecule has 2 fully saturated rings. The van der Waals surface area contributed by atoms with Crippen molar-refractivity contribution in [3.63, 3.8) is 0 Å². The maximum absolute atomic E-state index is 13.5. The summed E-state index contributed by atoms with van der Waals surface area (Å²) in [4.78, 5) is 23.6. The summed E-state index contributed by atoms with van der Waals surface area (Å²) in [7, 11) is -3.56. The molecule has 3 aromatic rings. The predicted octanol–water partition coefficient (Wildman–Crippen LogP) is 3.68. The second-order valence-corrected chi connectivity index (χ2v) is 10.8. The number of likely N-dealkylation sites (tertiary alicyclic amines) is 1. The van der Waals surface area contributed by atoms with Gasteiger partial charge < -0.3 is 9.88 Å². The van der Waals surface area contributed by atoms with E-state index in [9.17, 15) is 13.2 Å². The van der Waals surface area contributed by atoms with Crippen LogP contribution in [0.4, 0.5) is 0 Å². The number of imidazole rings is 1. The summed E-state index contributed by atoms with van der Waals surface area (Å²) in [6, 6.07) is 12.9. The van der Waals surface area contributed by atoms with Crippen molar-refractivity contribution in [2.75, 3.05) is 26.2 Å². The molecule has 2 aliphatic heterocycles. The Hall–Kier alpha value is -2.71. The lowest BCUT2D eigenvalue weighted by molar-refractivity contribution is 0.0704. The molecule has 0 radical (unpaired) electrons. The molecule has 0 spiro atoms. The Bertz CT molecular complexity index is 1230. The standard InChI is InChI=1S/C24H28N4O3S/c1-17-10-11-19(32(30,31)28-13-4-5-14-28)15-20(17)24(29)27-12-6-7-18(16-27)23-25-21-8-2-3-9-22(21)26-23/h2-3,8-11,15,18H,4-7,12-14,16H2,1H3,(H,25,26). The van der Waals surface area contributed by atoms with E-state index in [0.717, 1.165) is 48.1 Å². The Balaban J connectivity index is 1.39. The summed E-state index contributed by atoms with van der Waals surface area (Å²) >= 11 is 0. The van der Waals surface area contributed by atoms with E-state index in [2.05, 4.69) is 4.98 Å². The fourth-order valence-corrected chi connectivity index (χ4v) is 6.33. The predicted molar refractivity (Wildman–Crippen MR) is 123 cm³/mol. The van der Waals surface area contributed by atoms with Crippen molar-refractivity contribution in [1.29, 1.82) is 0 Å². The van der Waals surface area contributed by atoms with Gasteiger partial charge >= 0.3 is 0 Å². The number of carbonyl (C=O) groups excluding carboxylic acids is 1. The molecule has 2 saturated heterocycles. The smallest absolute Gasteiger partial charge is 0.254 e. The summed E-state index contributed by atoms with van der Waals surface area (Å²) in [6.07, 6.45) is 3.62. The zero-order valence-electron chi connectivity index (χ0n) is 18.3. The van der Waals surface area contributed by atoms with Gasteiger partial charge in [0.05, 0.1) is 15.9 Å². The number of aromatic nitrogens is 2. The lowest BCUT2D eigenvalue weighted by atomic mass is 9.96. The van der Waals surface area contributed by atoms with Gasteiger partial charge in [-0.2, -0.15) is 4.31 Å². The molecule has 2 aliphatic rings. The van der Waals surface area contributed by atoms with Gasteiger partial charge in [-0.3, -0.25) is 4.79 Å². The van der Waals surface area contributed by atoms with Gasteiger partial charge in [-0.25, -0.2) is 13.4 Å². The summed E-state index contributed by atoms with van der Waals surface area (Å²) in [5, 5.41) is 0. The monoisotopic (exact) mass is 452 g/mol. The van der Waals surface area contributed by atoms with E-state index in [1.807, 2.05) is 36.1 Å². The summed E-state index contributed by atoms with van der Waals surface area (Å²) in [5.74, 6) is 0.935. The minimum Gasteiger partial charge on any atom is -0.342 e. The zero-order chi connectivity index (χ0) is 22.3. The van der Waals surface area contributed by atoms with E-state index in [4.69, 9.17) is 4.98 Å². The van der Waals surface area contributed by atoms with Crippen LogP contribution in [-0.2, 0) is 10.0 Å². The van der Waals surface area contributed by atoms with E-state index in [1.54, 1.807) is 18.2 Å². The highest BCUT2D eigenvalue weighted by Crippen LogP contribution is 2.29. The van der Waals surface area contributed by atoms with Crippen molar-refractivity contribution in [3.8, 4) is 0 Å². The van der Waals surface area contributed by atoms with Crippen LogP contribution >= 0.6 is 0 Å². The number of fused-ring (bicyclic) bond motifs is 1. The fraction of sp³-hybridized carbons (Fsp3) is 0.417. The molecule has 1 unspecified atom stereocenters.